The summed E-state index contributed by atoms with van der Waals surface area (Å²) < 4.78 is 23.6. The number of amides is 1. The molecule has 1 aromatic heterocycles. The Balaban J connectivity index is 1.86. The molecule has 1 atom stereocenters. The Morgan fingerprint density at radius 3 is 2.81 bits per heavy atom. The highest BCUT2D eigenvalue weighted by Crippen LogP contribution is 2.37. The van der Waals surface area contributed by atoms with Crippen LogP contribution in [0, 0.1) is 6.92 Å². The number of carbonyl (C=O) groups excluding carboxylic acids is 1. The summed E-state index contributed by atoms with van der Waals surface area (Å²) in [7, 11) is -3.03. The van der Waals surface area contributed by atoms with Gasteiger partial charge in [-0.1, -0.05) is 24.0 Å². The van der Waals surface area contributed by atoms with Crippen molar-refractivity contribution < 1.29 is 13.2 Å². The van der Waals surface area contributed by atoms with Gasteiger partial charge in [0.1, 0.15) is 4.32 Å². The molecule has 0 N–H and O–H groups in total. The molecule has 112 valence electrons. The lowest BCUT2D eigenvalue weighted by molar-refractivity contribution is -0.123. The largest absolute Gasteiger partial charge is 0.289 e. The van der Waals surface area contributed by atoms with Gasteiger partial charge in [0.2, 0.25) is 0 Å². The van der Waals surface area contributed by atoms with Crippen molar-refractivity contribution in [2.45, 2.75) is 19.4 Å². The summed E-state index contributed by atoms with van der Waals surface area (Å²) in [5, 5.41) is 1.98. The SMILES string of the molecule is Cc1ccsc1/C=C1/SC(=S)N([C@H]2CCS(=O)(=O)C2)C1=O. The van der Waals surface area contributed by atoms with E-state index in [2.05, 4.69) is 0 Å². The number of aryl methyl sites for hydroxylation is 1. The van der Waals surface area contributed by atoms with Crippen LogP contribution in [0.5, 0.6) is 0 Å². The average molecular weight is 360 g/mol. The van der Waals surface area contributed by atoms with E-state index in [4.69, 9.17) is 12.2 Å². The van der Waals surface area contributed by atoms with E-state index in [-0.39, 0.29) is 23.5 Å². The quantitative estimate of drug-likeness (QED) is 0.600. The third kappa shape index (κ3) is 2.94. The van der Waals surface area contributed by atoms with Crippen LogP contribution in [0.4, 0.5) is 0 Å². The van der Waals surface area contributed by atoms with Crippen molar-refractivity contribution in [2.75, 3.05) is 11.5 Å². The van der Waals surface area contributed by atoms with Gasteiger partial charge in [0, 0.05) is 4.88 Å². The molecule has 3 rings (SSSR count). The van der Waals surface area contributed by atoms with E-state index >= 15 is 0 Å². The summed E-state index contributed by atoms with van der Waals surface area (Å²) in [5.74, 6) is -0.0114. The molecule has 0 saturated carbocycles. The highest BCUT2D eigenvalue weighted by atomic mass is 32.2. The molecule has 3 heterocycles. The maximum Gasteiger partial charge on any atom is 0.266 e. The van der Waals surface area contributed by atoms with Crippen LogP contribution < -0.4 is 0 Å². The second-order valence-electron chi connectivity index (χ2n) is 5.08. The minimum Gasteiger partial charge on any atom is -0.289 e. The number of rotatable bonds is 2. The predicted octanol–water partition coefficient (Wildman–Crippen LogP) is 2.44. The summed E-state index contributed by atoms with van der Waals surface area (Å²) in [5.41, 5.74) is 1.12. The zero-order valence-electron chi connectivity index (χ0n) is 11.2. The van der Waals surface area contributed by atoms with E-state index in [0.717, 1.165) is 10.4 Å². The fourth-order valence-electron chi connectivity index (χ4n) is 2.43. The van der Waals surface area contributed by atoms with E-state index < -0.39 is 9.84 Å². The van der Waals surface area contributed by atoms with Crippen LogP contribution in [0.15, 0.2) is 16.4 Å². The molecule has 0 unspecified atom stereocenters. The summed E-state index contributed by atoms with van der Waals surface area (Å²) in [6.07, 6.45) is 2.32. The van der Waals surface area contributed by atoms with Gasteiger partial charge in [-0.15, -0.1) is 11.3 Å². The fraction of sp³-hybridized carbons (Fsp3) is 0.385. The van der Waals surface area contributed by atoms with E-state index in [1.54, 1.807) is 11.3 Å². The van der Waals surface area contributed by atoms with Gasteiger partial charge in [0.05, 0.1) is 22.5 Å². The maximum atomic E-state index is 12.5. The second-order valence-corrected chi connectivity index (χ2v) is 9.93. The Hall–Kier alpha value is -0.700. The van der Waals surface area contributed by atoms with Crippen molar-refractivity contribution in [3.05, 3.63) is 26.8 Å². The monoisotopic (exact) mass is 359 g/mol. The van der Waals surface area contributed by atoms with Crippen molar-refractivity contribution >= 4 is 61.5 Å². The van der Waals surface area contributed by atoms with Gasteiger partial charge in [-0.25, -0.2) is 8.42 Å². The lowest BCUT2D eigenvalue weighted by atomic mass is 10.2. The molecule has 1 aromatic rings. The molecule has 2 aliphatic rings. The first kappa shape index (κ1) is 15.2. The molecule has 8 heteroatoms. The normalized spacial score (nSPS) is 27.0. The standard InChI is InChI=1S/C13H13NO3S4/c1-8-2-4-19-10(8)6-11-12(15)14(13(18)20-11)9-3-5-21(16,17)7-9/h2,4,6,9H,3,5,7H2,1H3/b11-6+/t9-/m0/s1. The van der Waals surface area contributed by atoms with Crippen LogP contribution in [0.25, 0.3) is 6.08 Å². The molecule has 0 spiro atoms. The first-order chi connectivity index (χ1) is 9.87. The highest BCUT2D eigenvalue weighted by molar-refractivity contribution is 8.26. The molecule has 1 amide bonds. The molecular weight excluding hydrogens is 346 g/mol. The molecule has 2 saturated heterocycles. The Labute approximate surface area is 137 Å². The molecule has 2 aliphatic heterocycles. The van der Waals surface area contributed by atoms with Gasteiger partial charge in [0.15, 0.2) is 9.84 Å². The summed E-state index contributed by atoms with van der Waals surface area (Å²) in [4.78, 5) is 15.6. The van der Waals surface area contributed by atoms with Crippen LogP contribution in [-0.4, -0.2) is 41.1 Å². The number of hydrogen-bond acceptors (Lipinski definition) is 6. The smallest absolute Gasteiger partial charge is 0.266 e. The second kappa shape index (κ2) is 5.49. The lowest BCUT2D eigenvalue weighted by Crippen LogP contribution is -2.39. The van der Waals surface area contributed by atoms with Crippen LogP contribution in [0.2, 0.25) is 0 Å². The van der Waals surface area contributed by atoms with Crippen molar-refractivity contribution in [1.82, 2.24) is 4.90 Å². The van der Waals surface area contributed by atoms with Crippen molar-refractivity contribution in [3.8, 4) is 0 Å². The van der Waals surface area contributed by atoms with Crippen molar-refractivity contribution in [2.24, 2.45) is 0 Å². The van der Waals surface area contributed by atoms with E-state index in [9.17, 15) is 13.2 Å². The van der Waals surface area contributed by atoms with Gasteiger partial charge in [-0.2, -0.15) is 0 Å². The molecule has 0 radical (unpaired) electrons. The van der Waals surface area contributed by atoms with Gasteiger partial charge in [-0.05, 0) is 36.4 Å². The third-order valence-corrected chi connectivity index (χ3v) is 7.61. The average Bonchev–Trinajstić information content (AvgIpc) is 3.02. The number of thioether (sulfide) groups is 1. The van der Waals surface area contributed by atoms with Crippen LogP contribution >= 0.6 is 35.3 Å². The number of thiocarbonyl (C=S) groups is 1. The topological polar surface area (TPSA) is 54.5 Å². The Kier molecular flexibility index (Phi) is 3.98. The zero-order valence-corrected chi connectivity index (χ0v) is 14.5. The Morgan fingerprint density at radius 1 is 1.48 bits per heavy atom. The predicted molar refractivity (Wildman–Crippen MR) is 91.1 cm³/mol. The van der Waals surface area contributed by atoms with E-state index in [0.29, 0.717) is 15.6 Å². The molecule has 0 bridgehead atoms. The molecule has 0 aliphatic carbocycles. The third-order valence-electron chi connectivity index (χ3n) is 3.56. The van der Waals surface area contributed by atoms with Crippen LogP contribution in [-0.2, 0) is 14.6 Å². The van der Waals surface area contributed by atoms with Crippen LogP contribution in [0.1, 0.15) is 16.9 Å². The number of nitrogens with zero attached hydrogens (tertiary/aromatic N) is 1. The molecular formula is C13H13NO3S4. The summed E-state index contributed by atoms with van der Waals surface area (Å²) in [6.45, 7) is 1.99. The summed E-state index contributed by atoms with van der Waals surface area (Å²) >= 11 is 8.10. The minimum atomic E-state index is -3.03. The highest BCUT2D eigenvalue weighted by Gasteiger charge is 2.42. The number of carbonyl (C=O) groups is 1. The van der Waals surface area contributed by atoms with Crippen LogP contribution in [0.3, 0.4) is 0 Å². The molecule has 4 nitrogen and oxygen atoms in total. The van der Waals surface area contributed by atoms with E-state index in [1.807, 2.05) is 24.4 Å². The number of thiophene rings is 1. The first-order valence-corrected chi connectivity index (χ1v) is 10.3. The summed E-state index contributed by atoms with van der Waals surface area (Å²) in [6, 6.07) is 1.69. The number of hydrogen-bond donors (Lipinski definition) is 0. The zero-order chi connectivity index (χ0) is 15.2. The van der Waals surface area contributed by atoms with Gasteiger partial charge in [-0.3, -0.25) is 9.69 Å². The lowest BCUT2D eigenvalue weighted by Gasteiger charge is -2.20. The first-order valence-electron chi connectivity index (χ1n) is 6.39. The minimum absolute atomic E-state index is 0.0186. The van der Waals surface area contributed by atoms with E-state index in [1.165, 1.54) is 16.7 Å². The maximum absolute atomic E-state index is 12.5. The molecule has 0 aromatic carbocycles. The van der Waals surface area contributed by atoms with Crippen molar-refractivity contribution in [1.29, 1.82) is 0 Å². The van der Waals surface area contributed by atoms with Gasteiger partial charge in [0.25, 0.3) is 5.91 Å². The number of sulfone groups is 1. The fourth-order valence-corrected chi connectivity index (χ4v) is 6.44. The van der Waals surface area contributed by atoms with Gasteiger partial charge >= 0.3 is 0 Å². The van der Waals surface area contributed by atoms with Crippen molar-refractivity contribution in [3.63, 3.8) is 0 Å². The Bertz CT molecular complexity index is 747. The molecule has 2 fully saturated rings. The van der Waals surface area contributed by atoms with Gasteiger partial charge < -0.3 is 0 Å². The molecule has 21 heavy (non-hydrogen) atoms. The Morgan fingerprint density at radius 2 is 2.24 bits per heavy atom.